The molecule has 1 saturated heterocycles. The van der Waals surface area contributed by atoms with E-state index in [4.69, 9.17) is 0 Å². The first-order valence-corrected chi connectivity index (χ1v) is 9.45. The lowest BCUT2D eigenvalue weighted by Crippen LogP contribution is -2.49. The number of nitrogens with zero attached hydrogens (tertiary/aromatic N) is 4. The predicted octanol–water partition coefficient (Wildman–Crippen LogP) is 3.49. The molecule has 0 saturated carbocycles. The van der Waals surface area contributed by atoms with E-state index in [-0.39, 0.29) is 5.91 Å². The van der Waals surface area contributed by atoms with E-state index in [1.165, 1.54) is 5.69 Å². The number of hydrogen-bond acceptors (Lipinski definition) is 5. The number of piperazine rings is 1. The van der Waals surface area contributed by atoms with Crippen LogP contribution in [0.25, 0.3) is 0 Å². The van der Waals surface area contributed by atoms with Crippen LogP contribution in [0, 0.1) is 6.92 Å². The number of rotatable bonds is 4. The number of carbonyl (C=O) groups is 1. The Balaban J connectivity index is 1.37. The smallest absolute Gasteiger partial charge is 0.274 e. The minimum absolute atomic E-state index is 0.0670. The molecular weight excluding hydrogens is 350 g/mol. The van der Waals surface area contributed by atoms with Gasteiger partial charge in [-0.2, -0.15) is 0 Å². The molecule has 4 rings (SSSR count). The molecule has 1 aliphatic heterocycles. The predicted molar refractivity (Wildman–Crippen MR) is 111 cm³/mol. The second kappa shape index (κ2) is 8.08. The first-order chi connectivity index (χ1) is 13.7. The van der Waals surface area contributed by atoms with Crippen molar-refractivity contribution in [2.45, 2.75) is 6.92 Å². The van der Waals surface area contributed by atoms with Crippen LogP contribution in [0.2, 0.25) is 0 Å². The van der Waals surface area contributed by atoms with Crippen LogP contribution in [0.3, 0.4) is 0 Å². The Labute approximate surface area is 164 Å². The van der Waals surface area contributed by atoms with E-state index in [0.29, 0.717) is 24.6 Å². The van der Waals surface area contributed by atoms with E-state index >= 15 is 0 Å². The maximum Gasteiger partial charge on any atom is 0.274 e. The first kappa shape index (κ1) is 18.0. The molecule has 28 heavy (non-hydrogen) atoms. The van der Waals surface area contributed by atoms with Gasteiger partial charge in [-0.05, 0) is 30.7 Å². The third kappa shape index (κ3) is 3.96. The van der Waals surface area contributed by atoms with Crippen LogP contribution in [-0.2, 0) is 0 Å². The highest BCUT2D eigenvalue weighted by atomic mass is 16.2. The van der Waals surface area contributed by atoms with Crippen molar-refractivity contribution in [3.63, 3.8) is 0 Å². The van der Waals surface area contributed by atoms with Gasteiger partial charge in [-0.25, -0.2) is 9.97 Å². The zero-order chi connectivity index (χ0) is 19.3. The quantitative estimate of drug-likeness (QED) is 0.759. The lowest BCUT2D eigenvalue weighted by Gasteiger charge is -2.35. The molecule has 3 aromatic rings. The Hall–Kier alpha value is -3.41. The number of hydrogen-bond donors (Lipinski definition) is 1. The fourth-order valence-electron chi connectivity index (χ4n) is 3.32. The highest BCUT2D eigenvalue weighted by Gasteiger charge is 2.23. The number of para-hydroxylation sites is 2. The zero-order valence-electron chi connectivity index (χ0n) is 15.9. The Morgan fingerprint density at radius 2 is 1.61 bits per heavy atom. The fourth-order valence-corrected chi connectivity index (χ4v) is 3.32. The van der Waals surface area contributed by atoms with Gasteiger partial charge in [-0.15, -0.1) is 0 Å². The number of benzene rings is 2. The maximum atomic E-state index is 12.8. The van der Waals surface area contributed by atoms with Gasteiger partial charge in [-0.3, -0.25) is 4.79 Å². The zero-order valence-corrected chi connectivity index (χ0v) is 15.9. The van der Waals surface area contributed by atoms with Gasteiger partial charge in [0.15, 0.2) is 0 Å². The number of carbonyl (C=O) groups excluding carboxylic acids is 1. The largest absolute Gasteiger partial charge is 0.368 e. The standard InChI is InChI=1S/C22H23N5O/c1-17-7-5-6-10-19(17)25-21-16-23-20(15-24-21)22(28)27-13-11-26(12-14-27)18-8-3-2-4-9-18/h2-10,15-16H,11-14H2,1H3,(H,24,25). The Morgan fingerprint density at radius 1 is 0.893 bits per heavy atom. The van der Waals surface area contributed by atoms with Gasteiger partial charge in [0.25, 0.3) is 5.91 Å². The molecule has 1 aromatic heterocycles. The van der Waals surface area contributed by atoms with E-state index in [2.05, 4.69) is 32.3 Å². The molecule has 2 heterocycles. The molecule has 1 N–H and O–H groups in total. The highest BCUT2D eigenvalue weighted by Crippen LogP contribution is 2.19. The SMILES string of the molecule is Cc1ccccc1Nc1cnc(C(=O)N2CCN(c3ccccc3)CC2)cn1. The van der Waals surface area contributed by atoms with Crippen molar-refractivity contribution >= 4 is 23.1 Å². The molecule has 0 radical (unpaired) electrons. The summed E-state index contributed by atoms with van der Waals surface area (Å²) < 4.78 is 0. The molecule has 6 heteroatoms. The third-order valence-electron chi connectivity index (χ3n) is 4.97. The topological polar surface area (TPSA) is 61.4 Å². The molecular formula is C22H23N5O. The van der Waals surface area contributed by atoms with E-state index in [9.17, 15) is 4.79 Å². The van der Waals surface area contributed by atoms with E-state index < -0.39 is 0 Å². The molecule has 6 nitrogen and oxygen atoms in total. The van der Waals surface area contributed by atoms with Crippen molar-refractivity contribution in [1.29, 1.82) is 0 Å². The van der Waals surface area contributed by atoms with E-state index in [1.54, 1.807) is 12.4 Å². The van der Waals surface area contributed by atoms with Crippen LogP contribution in [-0.4, -0.2) is 47.0 Å². The minimum atomic E-state index is -0.0670. The second-order valence-electron chi connectivity index (χ2n) is 6.84. The van der Waals surface area contributed by atoms with Crippen LogP contribution < -0.4 is 10.2 Å². The summed E-state index contributed by atoms with van der Waals surface area (Å²) in [7, 11) is 0. The number of amides is 1. The van der Waals surface area contributed by atoms with Gasteiger partial charge >= 0.3 is 0 Å². The molecule has 142 valence electrons. The lowest BCUT2D eigenvalue weighted by atomic mass is 10.2. The Bertz CT molecular complexity index is 935. The Kier molecular flexibility index (Phi) is 5.19. The van der Waals surface area contributed by atoms with Crippen LogP contribution in [0.15, 0.2) is 67.0 Å². The average Bonchev–Trinajstić information content (AvgIpc) is 2.76. The highest BCUT2D eigenvalue weighted by molar-refractivity contribution is 5.92. The van der Waals surface area contributed by atoms with Crippen LogP contribution in [0.5, 0.6) is 0 Å². The summed E-state index contributed by atoms with van der Waals surface area (Å²) in [6.45, 7) is 5.02. The summed E-state index contributed by atoms with van der Waals surface area (Å²) in [5, 5.41) is 3.24. The molecule has 2 aromatic carbocycles. The normalized spacial score (nSPS) is 14.0. The van der Waals surface area contributed by atoms with Gasteiger partial charge in [0, 0.05) is 37.6 Å². The number of anilines is 3. The van der Waals surface area contributed by atoms with Crippen molar-refractivity contribution < 1.29 is 4.79 Å². The van der Waals surface area contributed by atoms with Crippen molar-refractivity contribution in [3.05, 3.63) is 78.2 Å². The van der Waals surface area contributed by atoms with E-state index in [0.717, 1.165) is 24.3 Å². The second-order valence-corrected chi connectivity index (χ2v) is 6.84. The monoisotopic (exact) mass is 373 g/mol. The van der Waals surface area contributed by atoms with Gasteiger partial charge < -0.3 is 15.1 Å². The summed E-state index contributed by atoms with van der Waals surface area (Å²) in [5.74, 6) is 0.558. The van der Waals surface area contributed by atoms with E-state index in [1.807, 2.05) is 54.3 Å². The summed E-state index contributed by atoms with van der Waals surface area (Å²) >= 11 is 0. The molecule has 1 aliphatic rings. The molecule has 0 aliphatic carbocycles. The molecule has 0 atom stereocenters. The van der Waals surface area contributed by atoms with Crippen LogP contribution >= 0.6 is 0 Å². The van der Waals surface area contributed by atoms with Crippen molar-refractivity contribution in [3.8, 4) is 0 Å². The summed E-state index contributed by atoms with van der Waals surface area (Å²) in [6, 6.07) is 18.3. The van der Waals surface area contributed by atoms with Gasteiger partial charge in [-0.1, -0.05) is 36.4 Å². The van der Waals surface area contributed by atoms with Gasteiger partial charge in [0.2, 0.25) is 0 Å². The minimum Gasteiger partial charge on any atom is -0.368 e. The van der Waals surface area contributed by atoms with Crippen molar-refractivity contribution in [2.75, 3.05) is 36.4 Å². The molecule has 1 fully saturated rings. The fraction of sp³-hybridized carbons (Fsp3) is 0.227. The summed E-state index contributed by atoms with van der Waals surface area (Å²) in [6.07, 6.45) is 3.16. The van der Waals surface area contributed by atoms with Crippen molar-refractivity contribution in [2.24, 2.45) is 0 Å². The Morgan fingerprint density at radius 3 is 2.29 bits per heavy atom. The number of aryl methyl sites for hydroxylation is 1. The number of nitrogens with one attached hydrogen (secondary N) is 1. The average molecular weight is 373 g/mol. The first-order valence-electron chi connectivity index (χ1n) is 9.45. The molecule has 0 spiro atoms. The molecule has 0 unspecified atom stereocenters. The maximum absolute atomic E-state index is 12.8. The number of aromatic nitrogens is 2. The molecule has 0 bridgehead atoms. The van der Waals surface area contributed by atoms with Gasteiger partial charge in [0.1, 0.15) is 11.5 Å². The van der Waals surface area contributed by atoms with Crippen LogP contribution in [0.1, 0.15) is 16.1 Å². The summed E-state index contributed by atoms with van der Waals surface area (Å²) in [4.78, 5) is 25.6. The lowest BCUT2D eigenvalue weighted by molar-refractivity contribution is 0.0740. The van der Waals surface area contributed by atoms with Crippen LogP contribution in [0.4, 0.5) is 17.2 Å². The van der Waals surface area contributed by atoms with Crippen molar-refractivity contribution in [1.82, 2.24) is 14.9 Å². The summed E-state index contributed by atoms with van der Waals surface area (Å²) in [5.41, 5.74) is 3.68. The molecule has 1 amide bonds. The third-order valence-corrected chi connectivity index (χ3v) is 4.97. The van der Waals surface area contributed by atoms with Gasteiger partial charge in [0.05, 0.1) is 12.4 Å².